The predicted molar refractivity (Wildman–Crippen MR) is 53.5 cm³/mol. The van der Waals surface area contributed by atoms with Crippen molar-refractivity contribution >= 4 is 0 Å². The molecule has 2 heteroatoms. The molecular weight excluding hydrogens is 162 g/mol. The van der Waals surface area contributed by atoms with Gasteiger partial charge in [0.05, 0.1) is 0 Å². The quantitative estimate of drug-likeness (QED) is 0.695. The molecule has 0 aromatic carbocycles. The lowest BCUT2D eigenvalue weighted by Crippen LogP contribution is -2.33. The van der Waals surface area contributed by atoms with Crippen molar-refractivity contribution in [3.8, 4) is 0 Å². The van der Waals surface area contributed by atoms with Crippen LogP contribution in [0.3, 0.4) is 0 Å². The Kier molecular flexibility index (Phi) is 2.16. The highest BCUT2D eigenvalue weighted by atomic mass is 16.3. The van der Waals surface area contributed by atoms with Gasteiger partial charge in [0, 0.05) is 26.2 Å². The first-order valence-corrected chi connectivity index (χ1v) is 5.34. The Morgan fingerprint density at radius 1 is 1.23 bits per heavy atom. The van der Waals surface area contributed by atoms with E-state index in [1.807, 2.05) is 0 Å². The number of aliphatic hydroxyl groups is 1. The van der Waals surface area contributed by atoms with Gasteiger partial charge in [-0.3, -0.25) is 0 Å². The van der Waals surface area contributed by atoms with E-state index in [0.717, 1.165) is 11.8 Å². The van der Waals surface area contributed by atoms with Gasteiger partial charge in [-0.25, -0.2) is 0 Å². The van der Waals surface area contributed by atoms with E-state index < -0.39 is 0 Å². The molecule has 0 spiro atoms. The van der Waals surface area contributed by atoms with Crippen LogP contribution in [0, 0.1) is 23.2 Å². The van der Waals surface area contributed by atoms with Crippen LogP contribution in [0.25, 0.3) is 0 Å². The first-order valence-electron chi connectivity index (χ1n) is 5.34. The minimum Gasteiger partial charge on any atom is -0.396 e. The van der Waals surface area contributed by atoms with Crippen LogP contribution in [-0.4, -0.2) is 36.2 Å². The number of nitrogens with zero attached hydrogens (tertiary/aromatic N) is 1. The van der Waals surface area contributed by atoms with E-state index in [0.29, 0.717) is 17.9 Å². The van der Waals surface area contributed by atoms with Crippen molar-refractivity contribution in [1.29, 1.82) is 0 Å². The largest absolute Gasteiger partial charge is 0.396 e. The molecule has 1 saturated carbocycles. The van der Waals surface area contributed by atoms with Crippen LogP contribution < -0.4 is 0 Å². The Balaban J connectivity index is 1.78. The highest BCUT2D eigenvalue weighted by Crippen LogP contribution is 2.51. The zero-order chi connectivity index (χ0) is 9.64. The molecule has 2 fully saturated rings. The van der Waals surface area contributed by atoms with Crippen molar-refractivity contribution in [1.82, 2.24) is 4.90 Å². The molecule has 1 aliphatic carbocycles. The SMILES string of the molecule is CC(C)(C)CN1C[C@@H]2[C@@H](CO)[C@@H]2C1. The summed E-state index contributed by atoms with van der Waals surface area (Å²) in [5, 5.41) is 9.01. The average molecular weight is 183 g/mol. The van der Waals surface area contributed by atoms with Crippen LogP contribution in [0.4, 0.5) is 0 Å². The zero-order valence-electron chi connectivity index (χ0n) is 8.95. The summed E-state index contributed by atoms with van der Waals surface area (Å²) in [6, 6.07) is 0. The maximum atomic E-state index is 9.01. The molecule has 1 aliphatic heterocycles. The summed E-state index contributed by atoms with van der Waals surface area (Å²) in [6.45, 7) is 11.0. The predicted octanol–water partition coefficient (Wildman–Crippen LogP) is 1.20. The van der Waals surface area contributed by atoms with Gasteiger partial charge in [0.1, 0.15) is 0 Å². The number of likely N-dealkylation sites (tertiary alicyclic amines) is 1. The van der Waals surface area contributed by atoms with Gasteiger partial charge in [0.25, 0.3) is 0 Å². The lowest BCUT2D eigenvalue weighted by molar-refractivity contribution is 0.180. The number of fused-ring (bicyclic) bond motifs is 1. The van der Waals surface area contributed by atoms with Crippen molar-refractivity contribution < 1.29 is 5.11 Å². The molecule has 0 amide bonds. The van der Waals surface area contributed by atoms with Crippen LogP contribution >= 0.6 is 0 Å². The van der Waals surface area contributed by atoms with Crippen LogP contribution in [0.5, 0.6) is 0 Å². The van der Waals surface area contributed by atoms with Gasteiger partial charge in [-0.15, -0.1) is 0 Å². The second-order valence-corrected chi connectivity index (χ2v) is 5.93. The number of aliphatic hydroxyl groups excluding tert-OH is 1. The third kappa shape index (κ3) is 1.89. The highest BCUT2D eigenvalue weighted by molar-refractivity contribution is 5.04. The first-order chi connectivity index (χ1) is 6.01. The molecular formula is C11H21NO. The molecule has 13 heavy (non-hydrogen) atoms. The number of piperidine rings is 1. The summed E-state index contributed by atoms with van der Waals surface area (Å²) in [5.41, 5.74) is 0.422. The first kappa shape index (κ1) is 9.47. The molecule has 1 N–H and O–H groups in total. The number of rotatable bonds is 2. The molecule has 0 aromatic heterocycles. The third-order valence-corrected chi connectivity index (χ3v) is 3.36. The van der Waals surface area contributed by atoms with Crippen LogP contribution in [-0.2, 0) is 0 Å². The summed E-state index contributed by atoms with van der Waals surface area (Å²) in [5.74, 6) is 2.30. The monoisotopic (exact) mass is 183 g/mol. The Morgan fingerprint density at radius 3 is 2.15 bits per heavy atom. The Hall–Kier alpha value is -0.0800. The third-order valence-electron chi connectivity index (χ3n) is 3.36. The minimum atomic E-state index is 0.415. The van der Waals surface area contributed by atoms with E-state index in [1.165, 1.54) is 19.6 Å². The summed E-state index contributed by atoms with van der Waals surface area (Å²) in [7, 11) is 0. The van der Waals surface area contributed by atoms with E-state index in [2.05, 4.69) is 25.7 Å². The zero-order valence-corrected chi connectivity index (χ0v) is 8.95. The fourth-order valence-corrected chi connectivity index (χ4v) is 2.81. The van der Waals surface area contributed by atoms with Gasteiger partial charge in [-0.1, -0.05) is 20.8 Å². The van der Waals surface area contributed by atoms with Crippen LogP contribution in [0.1, 0.15) is 20.8 Å². The van der Waals surface area contributed by atoms with Gasteiger partial charge in [0.15, 0.2) is 0 Å². The van der Waals surface area contributed by atoms with Crippen LogP contribution in [0.15, 0.2) is 0 Å². The maximum Gasteiger partial charge on any atom is 0.0465 e. The summed E-state index contributed by atoms with van der Waals surface area (Å²) in [4.78, 5) is 2.56. The normalized spacial score (nSPS) is 39.2. The highest BCUT2D eigenvalue weighted by Gasteiger charge is 2.55. The molecule has 1 heterocycles. The van der Waals surface area contributed by atoms with Crippen LogP contribution in [0.2, 0.25) is 0 Å². The van der Waals surface area contributed by atoms with Crippen molar-refractivity contribution in [2.24, 2.45) is 23.2 Å². The number of hydrogen-bond acceptors (Lipinski definition) is 2. The molecule has 0 unspecified atom stereocenters. The van der Waals surface area contributed by atoms with E-state index in [1.54, 1.807) is 0 Å². The summed E-state index contributed by atoms with van der Waals surface area (Å²) >= 11 is 0. The number of hydrogen-bond donors (Lipinski definition) is 1. The molecule has 0 aromatic rings. The molecule has 2 aliphatic rings. The van der Waals surface area contributed by atoms with E-state index in [4.69, 9.17) is 5.11 Å². The topological polar surface area (TPSA) is 23.5 Å². The van der Waals surface area contributed by atoms with Gasteiger partial charge in [0.2, 0.25) is 0 Å². The second-order valence-electron chi connectivity index (χ2n) is 5.93. The summed E-state index contributed by atoms with van der Waals surface area (Å²) in [6.07, 6.45) is 0. The lowest BCUT2D eigenvalue weighted by Gasteiger charge is -2.27. The molecule has 3 atom stereocenters. The Morgan fingerprint density at radius 2 is 1.77 bits per heavy atom. The minimum absolute atomic E-state index is 0.415. The molecule has 2 nitrogen and oxygen atoms in total. The standard InChI is InChI=1S/C11H21NO/c1-11(2,3)7-12-4-8-9(5-12)10(8)6-13/h8-10,13H,4-7H2,1-3H3/t8-,9+,10+. The Labute approximate surface area is 80.9 Å². The average Bonchev–Trinajstić information content (AvgIpc) is 2.44. The lowest BCUT2D eigenvalue weighted by atomic mass is 9.96. The summed E-state index contributed by atoms with van der Waals surface area (Å²) < 4.78 is 0. The van der Waals surface area contributed by atoms with Crippen molar-refractivity contribution in [2.75, 3.05) is 26.2 Å². The Bertz CT molecular complexity index is 185. The fraction of sp³-hybridized carbons (Fsp3) is 1.00. The van der Waals surface area contributed by atoms with E-state index >= 15 is 0 Å². The molecule has 0 bridgehead atoms. The van der Waals surface area contributed by atoms with E-state index in [9.17, 15) is 0 Å². The smallest absolute Gasteiger partial charge is 0.0465 e. The van der Waals surface area contributed by atoms with Gasteiger partial charge < -0.3 is 10.0 Å². The van der Waals surface area contributed by atoms with Gasteiger partial charge >= 0.3 is 0 Å². The van der Waals surface area contributed by atoms with Crippen molar-refractivity contribution in [3.05, 3.63) is 0 Å². The second kappa shape index (κ2) is 2.96. The van der Waals surface area contributed by atoms with Crippen molar-refractivity contribution in [3.63, 3.8) is 0 Å². The van der Waals surface area contributed by atoms with Crippen molar-refractivity contribution in [2.45, 2.75) is 20.8 Å². The molecule has 1 saturated heterocycles. The van der Waals surface area contributed by atoms with Gasteiger partial charge in [-0.2, -0.15) is 0 Å². The maximum absolute atomic E-state index is 9.01. The molecule has 76 valence electrons. The molecule has 0 radical (unpaired) electrons. The fourth-order valence-electron chi connectivity index (χ4n) is 2.81. The van der Waals surface area contributed by atoms with Gasteiger partial charge in [-0.05, 0) is 23.2 Å². The van der Waals surface area contributed by atoms with E-state index in [-0.39, 0.29) is 0 Å². The molecule has 2 rings (SSSR count).